The van der Waals surface area contributed by atoms with E-state index in [1.807, 2.05) is 20.0 Å². The molecular formula is C26H22F2N6O2S. The van der Waals surface area contributed by atoms with Crippen molar-refractivity contribution in [2.45, 2.75) is 13.8 Å². The summed E-state index contributed by atoms with van der Waals surface area (Å²) in [6.45, 7) is 3.55. The highest BCUT2D eigenvalue weighted by atomic mass is 32.1. The van der Waals surface area contributed by atoms with Crippen molar-refractivity contribution in [2.24, 2.45) is 7.05 Å². The number of nitrogens with one attached hydrogen (secondary N) is 2. The molecule has 0 unspecified atom stereocenters. The fraction of sp³-hybridized carbons (Fsp3) is 0.154. The highest BCUT2D eigenvalue weighted by Crippen LogP contribution is 2.33. The van der Waals surface area contributed by atoms with Gasteiger partial charge in [0.2, 0.25) is 0 Å². The van der Waals surface area contributed by atoms with E-state index in [0.717, 1.165) is 17.0 Å². The van der Waals surface area contributed by atoms with Crippen molar-refractivity contribution in [1.29, 1.82) is 0 Å². The number of anilines is 3. The van der Waals surface area contributed by atoms with Crippen LogP contribution in [-0.4, -0.2) is 32.9 Å². The zero-order valence-corrected chi connectivity index (χ0v) is 21.2. The molecule has 8 nitrogen and oxygen atoms in total. The van der Waals surface area contributed by atoms with Gasteiger partial charge in [-0.2, -0.15) is 10.2 Å². The van der Waals surface area contributed by atoms with Crippen LogP contribution < -0.4 is 15.8 Å². The molecule has 0 atom stereocenters. The molecule has 0 saturated carbocycles. The van der Waals surface area contributed by atoms with Gasteiger partial charge in [0.25, 0.3) is 11.5 Å². The molecule has 5 aromatic rings. The van der Waals surface area contributed by atoms with E-state index in [1.54, 1.807) is 47.8 Å². The second-order valence-electron chi connectivity index (χ2n) is 8.61. The van der Waals surface area contributed by atoms with Gasteiger partial charge < -0.3 is 10.2 Å². The molecule has 37 heavy (non-hydrogen) atoms. The number of halogens is 2. The number of fused-ring (bicyclic) bond motifs is 1. The fourth-order valence-corrected chi connectivity index (χ4v) is 5.00. The average Bonchev–Trinajstić information content (AvgIpc) is 3.46. The van der Waals surface area contributed by atoms with E-state index in [4.69, 9.17) is 0 Å². The van der Waals surface area contributed by atoms with Crippen LogP contribution in [0, 0.1) is 25.5 Å². The summed E-state index contributed by atoms with van der Waals surface area (Å²) in [5.41, 5.74) is 2.09. The predicted molar refractivity (Wildman–Crippen MR) is 141 cm³/mol. The SMILES string of the molecule is Cc1c(-c2cc(N(C)c3cc(C)n(C)n3)c(=O)[nH]n2)ccc(F)c1NC(=O)c1cc2cccc(F)c2s1. The lowest BCUT2D eigenvalue weighted by molar-refractivity contribution is 0.103. The first-order valence-electron chi connectivity index (χ1n) is 11.3. The summed E-state index contributed by atoms with van der Waals surface area (Å²) in [5.74, 6) is -1.03. The van der Waals surface area contributed by atoms with Crippen LogP contribution in [0.25, 0.3) is 21.3 Å². The third kappa shape index (κ3) is 4.38. The molecular weight excluding hydrogens is 498 g/mol. The normalized spacial score (nSPS) is 11.2. The van der Waals surface area contributed by atoms with Crippen LogP contribution in [-0.2, 0) is 7.05 Å². The Labute approximate surface area is 214 Å². The van der Waals surface area contributed by atoms with Gasteiger partial charge in [-0.05, 0) is 55.1 Å². The van der Waals surface area contributed by atoms with Crippen molar-refractivity contribution in [3.05, 3.63) is 86.7 Å². The summed E-state index contributed by atoms with van der Waals surface area (Å²) < 4.78 is 31.0. The number of carbonyl (C=O) groups excluding carboxylic acids is 1. The van der Waals surface area contributed by atoms with Gasteiger partial charge in [-0.25, -0.2) is 13.9 Å². The molecule has 3 aromatic heterocycles. The summed E-state index contributed by atoms with van der Waals surface area (Å²) in [6.07, 6.45) is 0. The van der Waals surface area contributed by atoms with Crippen molar-refractivity contribution in [1.82, 2.24) is 20.0 Å². The number of carbonyl (C=O) groups is 1. The minimum atomic E-state index is -0.632. The number of hydrogen-bond donors (Lipinski definition) is 2. The molecule has 0 aliphatic carbocycles. The number of thiophene rings is 1. The highest BCUT2D eigenvalue weighted by molar-refractivity contribution is 7.21. The maximum absolute atomic E-state index is 14.9. The minimum absolute atomic E-state index is 0.0244. The van der Waals surface area contributed by atoms with E-state index in [9.17, 15) is 18.4 Å². The molecule has 0 fully saturated rings. The molecule has 2 aromatic carbocycles. The van der Waals surface area contributed by atoms with Gasteiger partial charge in [0, 0.05) is 31.4 Å². The quantitative estimate of drug-likeness (QED) is 0.328. The van der Waals surface area contributed by atoms with E-state index in [2.05, 4.69) is 20.6 Å². The molecule has 2 N–H and O–H groups in total. The Hall–Kier alpha value is -4.38. The predicted octanol–water partition coefficient (Wildman–Crippen LogP) is 5.30. The third-order valence-electron chi connectivity index (χ3n) is 6.24. The monoisotopic (exact) mass is 520 g/mol. The number of H-pyrrole nitrogens is 1. The zero-order chi connectivity index (χ0) is 26.4. The Morgan fingerprint density at radius 2 is 1.89 bits per heavy atom. The number of amides is 1. The van der Waals surface area contributed by atoms with Gasteiger partial charge in [0.15, 0.2) is 5.82 Å². The Morgan fingerprint density at radius 1 is 1.11 bits per heavy atom. The van der Waals surface area contributed by atoms with Gasteiger partial charge in [-0.3, -0.25) is 14.3 Å². The van der Waals surface area contributed by atoms with E-state index in [0.29, 0.717) is 38.4 Å². The largest absolute Gasteiger partial charge is 0.323 e. The lowest BCUT2D eigenvalue weighted by Crippen LogP contribution is -2.22. The van der Waals surface area contributed by atoms with Crippen molar-refractivity contribution < 1.29 is 13.6 Å². The second-order valence-corrected chi connectivity index (χ2v) is 9.66. The standard InChI is InChI=1S/C26H22F2N6O2S/c1-13-10-22(32-34(13)4)33(3)20-12-19(30-31-25(20)35)16-8-9-17(27)23(14(16)2)29-26(36)21-11-15-6-5-7-18(28)24(15)37-21/h5-12H,1-4H3,(H,29,36)(H,31,35). The van der Waals surface area contributed by atoms with E-state index in [-0.39, 0.29) is 10.6 Å². The molecule has 1 amide bonds. The van der Waals surface area contributed by atoms with E-state index < -0.39 is 23.1 Å². The molecule has 188 valence electrons. The van der Waals surface area contributed by atoms with Crippen LogP contribution in [0.5, 0.6) is 0 Å². The summed E-state index contributed by atoms with van der Waals surface area (Å²) >= 11 is 0.996. The van der Waals surface area contributed by atoms with Crippen LogP contribution in [0.3, 0.4) is 0 Å². The second kappa shape index (κ2) is 9.25. The van der Waals surface area contributed by atoms with Gasteiger partial charge >= 0.3 is 0 Å². The van der Waals surface area contributed by atoms with Gasteiger partial charge in [0.1, 0.15) is 17.3 Å². The van der Waals surface area contributed by atoms with Crippen molar-refractivity contribution >= 4 is 44.5 Å². The van der Waals surface area contributed by atoms with E-state index in [1.165, 1.54) is 18.2 Å². The molecule has 0 saturated heterocycles. The average molecular weight is 521 g/mol. The molecule has 5 rings (SSSR count). The van der Waals surface area contributed by atoms with E-state index >= 15 is 0 Å². The molecule has 0 bridgehead atoms. The molecule has 3 heterocycles. The van der Waals surface area contributed by atoms with Crippen LogP contribution >= 0.6 is 11.3 Å². The van der Waals surface area contributed by atoms with Crippen LogP contribution in [0.4, 0.5) is 26.0 Å². The Morgan fingerprint density at radius 3 is 2.59 bits per heavy atom. The minimum Gasteiger partial charge on any atom is -0.323 e. The maximum Gasteiger partial charge on any atom is 0.288 e. The summed E-state index contributed by atoms with van der Waals surface area (Å²) in [6, 6.07) is 12.4. The zero-order valence-electron chi connectivity index (χ0n) is 20.4. The van der Waals surface area contributed by atoms with Gasteiger partial charge in [0.05, 0.1) is 21.0 Å². The number of rotatable bonds is 5. The Balaban J connectivity index is 1.50. The van der Waals surface area contributed by atoms with Gasteiger partial charge in [-0.1, -0.05) is 12.1 Å². The fourth-order valence-electron chi connectivity index (χ4n) is 4.04. The number of benzene rings is 2. The van der Waals surface area contributed by atoms with Gasteiger partial charge in [-0.15, -0.1) is 11.3 Å². The third-order valence-corrected chi connectivity index (χ3v) is 7.40. The molecule has 0 aliphatic rings. The topological polar surface area (TPSA) is 95.9 Å². The number of aromatic nitrogens is 4. The number of aromatic amines is 1. The molecule has 11 heteroatoms. The molecule has 0 spiro atoms. The highest BCUT2D eigenvalue weighted by Gasteiger charge is 2.20. The van der Waals surface area contributed by atoms with Crippen LogP contribution in [0.2, 0.25) is 0 Å². The van der Waals surface area contributed by atoms with Crippen molar-refractivity contribution in [2.75, 3.05) is 17.3 Å². The number of nitrogens with zero attached hydrogens (tertiary/aromatic N) is 4. The first-order chi connectivity index (χ1) is 17.6. The Bertz CT molecular complexity index is 1720. The lowest BCUT2D eigenvalue weighted by Gasteiger charge is -2.17. The Kier molecular flexibility index (Phi) is 6.08. The summed E-state index contributed by atoms with van der Waals surface area (Å²) in [7, 11) is 3.52. The first kappa shape index (κ1) is 24.3. The van der Waals surface area contributed by atoms with Crippen LogP contribution in [0.1, 0.15) is 20.9 Å². The number of hydrogen-bond acceptors (Lipinski definition) is 6. The lowest BCUT2D eigenvalue weighted by atomic mass is 10.0. The first-order valence-corrected chi connectivity index (χ1v) is 12.1. The van der Waals surface area contributed by atoms with Crippen LogP contribution in [0.15, 0.2) is 53.3 Å². The number of aryl methyl sites for hydroxylation is 2. The van der Waals surface area contributed by atoms with Crippen molar-refractivity contribution in [3.8, 4) is 11.3 Å². The molecule has 0 aliphatic heterocycles. The summed E-state index contributed by atoms with van der Waals surface area (Å²) in [5, 5.41) is 14.3. The maximum atomic E-state index is 14.9. The van der Waals surface area contributed by atoms with Crippen molar-refractivity contribution in [3.63, 3.8) is 0 Å². The summed E-state index contributed by atoms with van der Waals surface area (Å²) in [4.78, 5) is 27.4. The smallest absolute Gasteiger partial charge is 0.288 e. The molecule has 0 radical (unpaired) electrons.